The maximum Gasteiger partial charge on any atom is 0.314 e. The minimum absolute atomic E-state index is 0.606. The van der Waals surface area contributed by atoms with Crippen molar-refractivity contribution < 1.29 is 9.59 Å². The monoisotopic (exact) mass is 366 g/mol. The molecule has 142 valence electrons. The Morgan fingerprint density at radius 2 is 1.37 bits per heavy atom. The third-order valence-electron chi connectivity index (χ3n) is 4.92. The Balaban J connectivity index is 1.59. The van der Waals surface area contributed by atoms with Crippen LogP contribution in [0.25, 0.3) is 0 Å². The smallest absolute Gasteiger partial charge is 0.314 e. The van der Waals surface area contributed by atoms with Crippen molar-refractivity contribution in [3.05, 3.63) is 53.6 Å². The maximum atomic E-state index is 12.2. The Morgan fingerprint density at radius 3 is 1.96 bits per heavy atom. The van der Waals surface area contributed by atoms with Gasteiger partial charge in [-0.2, -0.15) is 0 Å². The zero-order valence-electron chi connectivity index (χ0n) is 16.1. The number of likely N-dealkylation sites (N-methyl/N-ethyl adjacent to an activating group) is 1. The van der Waals surface area contributed by atoms with Gasteiger partial charge in [-0.25, -0.2) is 0 Å². The molecule has 3 rings (SSSR count). The standard InChI is InChI=1S/C21H26N4O2/c1-15-5-4-6-16(2)19(15)23-21(27)20(26)22-17-7-9-18(10-8-17)25-13-11-24(3)12-14-25/h4-10H,11-14H2,1-3H3,(H,22,26)(H,23,27). The number of hydrogen-bond donors (Lipinski definition) is 2. The van der Waals surface area contributed by atoms with E-state index in [4.69, 9.17) is 0 Å². The molecule has 0 aromatic heterocycles. The fourth-order valence-corrected chi connectivity index (χ4v) is 3.19. The molecule has 6 heteroatoms. The van der Waals surface area contributed by atoms with Crippen LogP contribution >= 0.6 is 0 Å². The zero-order chi connectivity index (χ0) is 19.4. The van der Waals surface area contributed by atoms with Gasteiger partial charge in [-0.1, -0.05) is 18.2 Å². The molecule has 1 aliphatic rings. The molecule has 0 aliphatic carbocycles. The molecule has 2 N–H and O–H groups in total. The fourth-order valence-electron chi connectivity index (χ4n) is 3.19. The van der Waals surface area contributed by atoms with Crippen LogP contribution in [0, 0.1) is 13.8 Å². The van der Waals surface area contributed by atoms with Gasteiger partial charge in [-0.15, -0.1) is 0 Å². The average molecular weight is 366 g/mol. The molecular formula is C21H26N4O2. The van der Waals surface area contributed by atoms with Gasteiger partial charge in [0.05, 0.1) is 0 Å². The Morgan fingerprint density at radius 1 is 0.815 bits per heavy atom. The van der Waals surface area contributed by atoms with Crippen molar-refractivity contribution in [3.8, 4) is 0 Å². The summed E-state index contributed by atoms with van der Waals surface area (Å²) in [6.45, 7) is 7.85. The number of piperazine rings is 1. The number of anilines is 3. The van der Waals surface area contributed by atoms with Gasteiger partial charge in [-0.05, 0) is 56.3 Å². The quantitative estimate of drug-likeness (QED) is 0.820. The number of nitrogens with zero attached hydrogens (tertiary/aromatic N) is 2. The summed E-state index contributed by atoms with van der Waals surface area (Å²) < 4.78 is 0. The molecule has 1 aliphatic heterocycles. The molecule has 0 bridgehead atoms. The number of hydrogen-bond acceptors (Lipinski definition) is 4. The highest BCUT2D eigenvalue weighted by Gasteiger charge is 2.17. The van der Waals surface area contributed by atoms with Gasteiger partial charge in [0.15, 0.2) is 0 Å². The molecule has 2 aromatic rings. The molecule has 0 unspecified atom stereocenters. The minimum Gasteiger partial charge on any atom is -0.369 e. The SMILES string of the molecule is Cc1cccc(C)c1NC(=O)C(=O)Nc1ccc(N2CCN(C)CC2)cc1. The maximum absolute atomic E-state index is 12.2. The van der Waals surface area contributed by atoms with Gasteiger partial charge >= 0.3 is 11.8 Å². The van der Waals surface area contributed by atoms with Crippen molar-refractivity contribution in [2.75, 3.05) is 48.8 Å². The number of carbonyl (C=O) groups excluding carboxylic acids is 2. The Bertz CT molecular complexity index is 804. The summed E-state index contributed by atoms with van der Waals surface area (Å²) >= 11 is 0. The summed E-state index contributed by atoms with van der Waals surface area (Å²) in [7, 11) is 2.12. The molecular weight excluding hydrogens is 340 g/mol. The first-order valence-electron chi connectivity index (χ1n) is 9.16. The number of amides is 2. The lowest BCUT2D eigenvalue weighted by Gasteiger charge is -2.34. The lowest BCUT2D eigenvalue weighted by molar-refractivity contribution is -0.133. The normalized spacial score (nSPS) is 14.7. The molecule has 1 heterocycles. The van der Waals surface area contributed by atoms with Crippen LogP contribution in [0.5, 0.6) is 0 Å². The molecule has 1 saturated heterocycles. The van der Waals surface area contributed by atoms with Crippen molar-refractivity contribution in [3.63, 3.8) is 0 Å². The van der Waals surface area contributed by atoms with Crippen molar-refractivity contribution in [1.29, 1.82) is 0 Å². The van der Waals surface area contributed by atoms with Gasteiger partial charge in [0.2, 0.25) is 0 Å². The van der Waals surface area contributed by atoms with Gasteiger partial charge in [0, 0.05) is 43.2 Å². The molecule has 0 atom stereocenters. The number of benzene rings is 2. The molecule has 0 spiro atoms. The van der Waals surface area contributed by atoms with E-state index in [9.17, 15) is 9.59 Å². The second-order valence-corrected chi connectivity index (χ2v) is 7.01. The third kappa shape index (κ3) is 4.65. The van der Waals surface area contributed by atoms with Crippen LogP contribution in [0.3, 0.4) is 0 Å². The summed E-state index contributed by atoms with van der Waals surface area (Å²) in [5, 5.41) is 5.36. The van der Waals surface area contributed by atoms with E-state index in [-0.39, 0.29) is 0 Å². The zero-order valence-corrected chi connectivity index (χ0v) is 16.1. The highest BCUT2D eigenvalue weighted by atomic mass is 16.2. The lowest BCUT2D eigenvalue weighted by atomic mass is 10.1. The molecule has 1 fully saturated rings. The van der Waals surface area contributed by atoms with Gasteiger partial charge in [-0.3, -0.25) is 9.59 Å². The van der Waals surface area contributed by atoms with E-state index in [1.54, 1.807) is 0 Å². The number of rotatable bonds is 3. The van der Waals surface area contributed by atoms with E-state index in [0.717, 1.165) is 43.0 Å². The predicted octanol–water partition coefficient (Wildman–Crippen LogP) is 2.63. The highest BCUT2D eigenvalue weighted by Crippen LogP contribution is 2.21. The summed E-state index contributed by atoms with van der Waals surface area (Å²) in [4.78, 5) is 29.1. The number of para-hydroxylation sites is 1. The van der Waals surface area contributed by atoms with Gasteiger partial charge in [0.25, 0.3) is 0 Å². The van der Waals surface area contributed by atoms with Crippen LogP contribution in [0.4, 0.5) is 17.1 Å². The third-order valence-corrected chi connectivity index (χ3v) is 4.92. The number of nitrogens with one attached hydrogen (secondary N) is 2. The van der Waals surface area contributed by atoms with E-state index >= 15 is 0 Å². The topological polar surface area (TPSA) is 64.7 Å². The summed E-state index contributed by atoms with van der Waals surface area (Å²) in [5.74, 6) is -1.35. The van der Waals surface area contributed by atoms with E-state index in [1.165, 1.54) is 0 Å². The molecule has 2 aromatic carbocycles. The Labute approximate surface area is 160 Å². The summed E-state index contributed by atoms with van der Waals surface area (Å²) in [5.41, 5.74) is 4.26. The molecule has 27 heavy (non-hydrogen) atoms. The highest BCUT2D eigenvalue weighted by molar-refractivity contribution is 6.43. The first kappa shape index (κ1) is 18.9. The molecule has 0 saturated carbocycles. The first-order valence-corrected chi connectivity index (χ1v) is 9.16. The Kier molecular flexibility index (Phi) is 5.76. The predicted molar refractivity (Wildman–Crippen MR) is 109 cm³/mol. The fraction of sp³-hybridized carbons (Fsp3) is 0.333. The molecule has 6 nitrogen and oxygen atoms in total. The van der Waals surface area contributed by atoms with E-state index in [0.29, 0.717) is 11.4 Å². The van der Waals surface area contributed by atoms with Crippen LogP contribution in [-0.2, 0) is 9.59 Å². The van der Waals surface area contributed by atoms with Crippen LogP contribution in [-0.4, -0.2) is 49.9 Å². The second-order valence-electron chi connectivity index (χ2n) is 7.01. The van der Waals surface area contributed by atoms with Crippen molar-refractivity contribution in [1.82, 2.24) is 4.90 Å². The van der Waals surface area contributed by atoms with E-state index < -0.39 is 11.8 Å². The van der Waals surface area contributed by atoms with Crippen LogP contribution in [0.1, 0.15) is 11.1 Å². The van der Waals surface area contributed by atoms with Crippen molar-refractivity contribution in [2.45, 2.75) is 13.8 Å². The van der Waals surface area contributed by atoms with Gasteiger partial charge in [0.1, 0.15) is 0 Å². The van der Waals surface area contributed by atoms with E-state index in [2.05, 4.69) is 27.5 Å². The lowest BCUT2D eigenvalue weighted by Crippen LogP contribution is -2.44. The molecule has 2 amide bonds. The van der Waals surface area contributed by atoms with Crippen LogP contribution in [0.2, 0.25) is 0 Å². The summed E-state index contributed by atoms with van der Waals surface area (Å²) in [6.07, 6.45) is 0. The van der Waals surface area contributed by atoms with Gasteiger partial charge < -0.3 is 20.4 Å². The largest absolute Gasteiger partial charge is 0.369 e. The molecule has 0 radical (unpaired) electrons. The van der Waals surface area contributed by atoms with E-state index in [1.807, 2.05) is 56.3 Å². The second kappa shape index (κ2) is 8.22. The Hall–Kier alpha value is -2.86. The average Bonchev–Trinajstić information content (AvgIpc) is 2.66. The van der Waals surface area contributed by atoms with Crippen LogP contribution in [0.15, 0.2) is 42.5 Å². The first-order chi connectivity index (χ1) is 12.9. The number of aryl methyl sites for hydroxylation is 2. The van der Waals surface area contributed by atoms with Crippen molar-refractivity contribution in [2.24, 2.45) is 0 Å². The minimum atomic E-state index is -0.676. The van der Waals surface area contributed by atoms with Crippen LogP contribution < -0.4 is 15.5 Å². The summed E-state index contributed by atoms with van der Waals surface area (Å²) in [6, 6.07) is 13.3. The van der Waals surface area contributed by atoms with Crippen molar-refractivity contribution >= 4 is 28.9 Å². The number of carbonyl (C=O) groups is 2.